The quantitative estimate of drug-likeness (QED) is 0.155. The molecule has 2 aromatic carbocycles. The van der Waals surface area contributed by atoms with Gasteiger partial charge >= 0.3 is 0 Å². The molecule has 8 nitrogen and oxygen atoms in total. The zero-order valence-electron chi connectivity index (χ0n) is 20.9. The van der Waals surface area contributed by atoms with Gasteiger partial charge in [-0.3, -0.25) is 9.59 Å². The Hall–Kier alpha value is -4.46. The number of allylic oxidation sites excluding steroid dienone is 8. The lowest BCUT2D eigenvalue weighted by Gasteiger charge is -2.11. The summed E-state index contributed by atoms with van der Waals surface area (Å²) in [6.45, 7) is 0.750. The summed E-state index contributed by atoms with van der Waals surface area (Å²) in [7, 11) is 0. The second kappa shape index (κ2) is 13.2. The standard InChI is InChI=1S/C30H28N2O6/c33-29(21-9-3-1-4-10-21)25-15-13-23(19-27(25)31-35)37-17-7-8-18-38-24-14-16-26(28(20-24)32-36)30(34)22-11-5-2-6-12-22/h3,5,9-16,19-20H,1-2,4,6-8,17-18H2. The second-order valence-corrected chi connectivity index (χ2v) is 8.88. The summed E-state index contributed by atoms with van der Waals surface area (Å²) < 4.78 is 11.4. The number of rotatable bonds is 13. The molecular formula is C30H28N2O6. The Balaban J connectivity index is 1.24. The smallest absolute Gasteiger partial charge is 0.194 e. The van der Waals surface area contributed by atoms with E-state index in [1.807, 2.05) is 24.3 Å². The third-order valence-electron chi connectivity index (χ3n) is 6.21. The van der Waals surface area contributed by atoms with Gasteiger partial charge in [-0.2, -0.15) is 0 Å². The van der Waals surface area contributed by atoms with Crippen LogP contribution in [0.2, 0.25) is 0 Å². The van der Waals surface area contributed by atoms with Crippen LogP contribution in [-0.4, -0.2) is 24.8 Å². The molecule has 0 N–H and O–H groups in total. The molecule has 2 aliphatic carbocycles. The molecule has 0 saturated heterocycles. The number of ether oxygens (including phenoxy) is 2. The highest BCUT2D eigenvalue weighted by atomic mass is 16.5. The lowest BCUT2D eigenvalue weighted by atomic mass is 9.97. The molecule has 38 heavy (non-hydrogen) atoms. The molecule has 4 rings (SSSR count). The van der Waals surface area contributed by atoms with Crippen LogP contribution in [0.25, 0.3) is 0 Å². The fourth-order valence-corrected chi connectivity index (χ4v) is 4.20. The average molecular weight is 513 g/mol. The summed E-state index contributed by atoms with van der Waals surface area (Å²) in [5.74, 6) is 0.449. The largest absolute Gasteiger partial charge is 0.494 e. The third kappa shape index (κ3) is 6.64. The summed E-state index contributed by atoms with van der Waals surface area (Å²) in [4.78, 5) is 48.1. The van der Waals surface area contributed by atoms with Crippen LogP contribution in [0.15, 0.2) is 94.4 Å². The van der Waals surface area contributed by atoms with Gasteiger partial charge in [0.05, 0.1) is 24.3 Å². The molecule has 0 spiro atoms. The topological polar surface area (TPSA) is 111 Å². The summed E-state index contributed by atoms with van der Waals surface area (Å²) in [6, 6.07) is 9.38. The first kappa shape index (κ1) is 26.6. The molecule has 194 valence electrons. The van der Waals surface area contributed by atoms with Gasteiger partial charge in [0.2, 0.25) is 0 Å². The number of Topliss-reactive ketones (excluding diaryl/α,β-unsaturated/α-hetero) is 2. The van der Waals surface area contributed by atoms with E-state index in [0.29, 0.717) is 48.7 Å². The van der Waals surface area contributed by atoms with Gasteiger partial charge in [-0.05, 0) is 73.1 Å². The predicted molar refractivity (Wildman–Crippen MR) is 146 cm³/mol. The Morgan fingerprint density at radius 1 is 0.658 bits per heavy atom. The van der Waals surface area contributed by atoms with E-state index in [9.17, 15) is 19.4 Å². The maximum Gasteiger partial charge on any atom is 0.194 e. The molecule has 2 aromatic rings. The maximum atomic E-state index is 12.7. The Labute approximate surface area is 220 Å². The van der Waals surface area contributed by atoms with Crippen molar-refractivity contribution in [2.24, 2.45) is 10.4 Å². The second-order valence-electron chi connectivity index (χ2n) is 8.88. The number of hydrogen-bond donors (Lipinski definition) is 0. The van der Waals surface area contributed by atoms with E-state index in [4.69, 9.17) is 9.47 Å². The number of nitroso groups, excluding NO2 is 2. The number of ketones is 2. The number of benzene rings is 2. The van der Waals surface area contributed by atoms with Gasteiger partial charge in [-0.1, -0.05) is 36.5 Å². The summed E-state index contributed by atoms with van der Waals surface area (Å²) in [5.41, 5.74) is 1.72. The van der Waals surface area contributed by atoms with Crippen LogP contribution in [-0.2, 0) is 0 Å². The number of carbonyl (C=O) groups excluding carboxylic acids is 2. The SMILES string of the molecule is O=Nc1cc(OCCCCOc2ccc(C(=O)C3=CCCC=C3)c(N=O)c2)ccc1C(=O)C1=CCCC=C1. The Morgan fingerprint density at radius 3 is 1.47 bits per heavy atom. The van der Waals surface area contributed by atoms with E-state index in [-0.39, 0.29) is 34.1 Å². The zero-order valence-corrected chi connectivity index (χ0v) is 20.9. The highest BCUT2D eigenvalue weighted by molar-refractivity contribution is 6.14. The van der Waals surface area contributed by atoms with E-state index in [1.54, 1.807) is 36.4 Å². The number of hydrogen-bond acceptors (Lipinski definition) is 8. The van der Waals surface area contributed by atoms with E-state index in [1.165, 1.54) is 12.1 Å². The number of nitrogens with zero attached hydrogens (tertiary/aromatic N) is 2. The summed E-state index contributed by atoms with van der Waals surface area (Å²) in [5, 5.41) is 6.03. The molecule has 0 bridgehead atoms. The molecule has 0 heterocycles. The van der Waals surface area contributed by atoms with Crippen LogP contribution in [0.3, 0.4) is 0 Å². The number of carbonyl (C=O) groups is 2. The zero-order chi connectivity index (χ0) is 26.7. The first-order chi connectivity index (χ1) is 18.6. The molecule has 8 heteroatoms. The van der Waals surface area contributed by atoms with E-state index >= 15 is 0 Å². The van der Waals surface area contributed by atoms with Crippen molar-refractivity contribution in [2.45, 2.75) is 38.5 Å². The van der Waals surface area contributed by atoms with Gasteiger partial charge in [-0.25, -0.2) is 0 Å². The molecule has 0 fully saturated rings. The lowest BCUT2D eigenvalue weighted by Crippen LogP contribution is -2.06. The van der Waals surface area contributed by atoms with Crippen molar-refractivity contribution in [1.29, 1.82) is 0 Å². The van der Waals surface area contributed by atoms with Gasteiger partial charge in [0.15, 0.2) is 11.6 Å². The Bertz CT molecular complexity index is 1250. The Kier molecular flexibility index (Phi) is 9.23. The first-order valence-electron chi connectivity index (χ1n) is 12.6. The van der Waals surface area contributed by atoms with E-state index in [2.05, 4.69) is 10.4 Å². The van der Waals surface area contributed by atoms with Crippen LogP contribution < -0.4 is 9.47 Å². The van der Waals surface area contributed by atoms with Gasteiger partial charge in [0.1, 0.15) is 22.9 Å². The van der Waals surface area contributed by atoms with Crippen molar-refractivity contribution in [3.63, 3.8) is 0 Å². The minimum atomic E-state index is -0.229. The summed E-state index contributed by atoms with van der Waals surface area (Å²) in [6.07, 6.45) is 15.8. The van der Waals surface area contributed by atoms with Crippen molar-refractivity contribution in [3.05, 3.63) is 105 Å². The van der Waals surface area contributed by atoms with E-state index < -0.39 is 0 Å². The molecule has 0 aliphatic heterocycles. The molecular weight excluding hydrogens is 484 g/mol. The normalized spacial score (nSPS) is 14.3. The maximum absolute atomic E-state index is 12.7. The fourth-order valence-electron chi connectivity index (χ4n) is 4.20. The molecule has 0 aromatic heterocycles. The molecule has 0 saturated carbocycles. The fraction of sp³-hybridized carbons (Fsp3) is 0.267. The highest BCUT2D eigenvalue weighted by Gasteiger charge is 2.18. The van der Waals surface area contributed by atoms with Crippen LogP contribution in [0, 0.1) is 9.81 Å². The van der Waals surface area contributed by atoms with Crippen molar-refractivity contribution < 1.29 is 19.1 Å². The van der Waals surface area contributed by atoms with Crippen LogP contribution in [0.1, 0.15) is 59.2 Å². The van der Waals surface area contributed by atoms with Gasteiger partial charge in [-0.15, -0.1) is 9.81 Å². The summed E-state index contributed by atoms with van der Waals surface area (Å²) >= 11 is 0. The van der Waals surface area contributed by atoms with Crippen LogP contribution >= 0.6 is 0 Å². The first-order valence-corrected chi connectivity index (χ1v) is 12.6. The Morgan fingerprint density at radius 2 is 1.11 bits per heavy atom. The monoisotopic (exact) mass is 512 g/mol. The molecule has 0 unspecified atom stereocenters. The van der Waals surface area contributed by atoms with E-state index in [0.717, 1.165) is 25.7 Å². The highest BCUT2D eigenvalue weighted by Crippen LogP contribution is 2.30. The molecule has 0 atom stereocenters. The van der Waals surface area contributed by atoms with Gasteiger partial charge < -0.3 is 9.47 Å². The predicted octanol–water partition coefficient (Wildman–Crippen LogP) is 7.64. The van der Waals surface area contributed by atoms with Crippen molar-refractivity contribution >= 4 is 22.9 Å². The minimum Gasteiger partial charge on any atom is -0.494 e. The third-order valence-corrected chi connectivity index (χ3v) is 6.21. The average Bonchev–Trinajstić information content (AvgIpc) is 2.98. The van der Waals surface area contributed by atoms with Crippen LogP contribution in [0.5, 0.6) is 11.5 Å². The van der Waals surface area contributed by atoms with Crippen molar-refractivity contribution in [1.82, 2.24) is 0 Å². The molecule has 0 radical (unpaired) electrons. The van der Waals surface area contributed by atoms with Crippen molar-refractivity contribution in [2.75, 3.05) is 13.2 Å². The molecule has 2 aliphatic rings. The minimum absolute atomic E-state index is 0.0491. The van der Waals surface area contributed by atoms with Crippen LogP contribution in [0.4, 0.5) is 11.4 Å². The lowest BCUT2D eigenvalue weighted by molar-refractivity contribution is 0.103. The van der Waals surface area contributed by atoms with Gasteiger partial charge in [0.25, 0.3) is 0 Å². The number of unbranched alkanes of at least 4 members (excludes halogenated alkanes) is 1. The van der Waals surface area contributed by atoms with Crippen molar-refractivity contribution in [3.8, 4) is 11.5 Å². The molecule has 0 amide bonds. The van der Waals surface area contributed by atoms with Gasteiger partial charge in [0, 0.05) is 23.3 Å².